The van der Waals surface area contributed by atoms with Crippen molar-refractivity contribution in [2.75, 3.05) is 0 Å². The third-order valence-electron chi connectivity index (χ3n) is 1.88. The lowest BCUT2D eigenvalue weighted by molar-refractivity contribution is 0.579. The average molecular weight is 175 g/mol. The van der Waals surface area contributed by atoms with Gasteiger partial charge in [-0.3, -0.25) is 0 Å². The number of hydrogen-bond donors (Lipinski definition) is 0. The van der Waals surface area contributed by atoms with Gasteiger partial charge in [-0.25, -0.2) is 0 Å². The van der Waals surface area contributed by atoms with Gasteiger partial charge >= 0.3 is 11.7 Å². The Hall–Kier alpha value is 0.0200. The van der Waals surface area contributed by atoms with Crippen LogP contribution in [0.15, 0.2) is 0 Å². The van der Waals surface area contributed by atoms with Crippen molar-refractivity contribution in [2.24, 2.45) is 0 Å². The molecule has 0 N–H and O–H groups in total. The lowest BCUT2D eigenvalue weighted by Gasteiger charge is -1.96. The van der Waals surface area contributed by atoms with Crippen molar-refractivity contribution >= 4 is 11.7 Å². The van der Waals surface area contributed by atoms with Crippen molar-refractivity contribution in [2.45, 2.75) is 57.6 Å². The molecule has 66 valence electrons. The van der Waals surface area contributed by atoms with Crippen LogP contribution in [0.1, 0.15) is 52.4 Å². The minimum atomic E-state index is 0.316. The molecule has 0 aromatic rings. The smallest absolute Gasteiger partial charge is 0.0654 e. The minimum Gasteiger partial charge on any atom is -0.0654 e. The highest BCUT2D eigenvalue weighted by Crippen LogP contribution is 2.07. The summed E-state index contributed by atoms with van der Waals surface area (Å²) in [7, 11) is 0. The molecule has 0 aliphatic rings. The molecule has 0 heterocycles. The molecule has 0 aromatic carbocycles. The topological polar surface area (TPSA) is 17.1 Å². The molecule has 0 aliphatic carbocycles. The molecule has 0 rings (SSSR count). The summed E-state index contributed by atoms with van der Waals surface area (Å²) >= 11 is 0.739. The molecule has 0 aromatic heterocycles. The van der Waals surface area contributed by atoms with Crippen molar-refractivity contribution in [3.63, 3.8) is 0 Å². The SMILES string of the molecule is CCCCCCCC(C)[S+]=O. The third kappa shape index (κ3) is 7.92. The van der Waals surface area contributed by atoms with Gasteiger partial charge in [0.1, 0.15) is 0 Å². The van der Waals surface area contributed by atoms with Crippen molar-refractivity contribution in [1.82, 2.24) is 0 Å². The van der Waals surface area contributed by atoms with Crippen LogP contribution in [0.4, 0.5) is 0 Å². The monoisotopic (exact) mass is 175 g/mol. The number of hydrogen-bond acceptors (Lipinski definition) is 1. The van der Waals surface area contributed by atoms with Crippen LogP contribution < -0.4 is 0 Å². The average Bonchev–Trinajstić information content (AvgIpc) is 2.04. The molecule has 0 bridgehead atoms. The summed E-state index contributed by atoms with van der Waals surface area (Å²) in [6.07, 6.45) is 7.62. The first-order chi connectivity index (χ1) is 5.31. The molecule has 11 heavy (non-hydrogen) atoms. The molecule has 1 atom stereocenters. The molecular weight excluding hydrogens is 156 g/mol. The molecule has 1 unspecified atom stereocenters. The zero-order valence-corrected chi connectivity index (χ0v) is 8.45. The second-order valence-corrected chi connectivity index (χ2v) is 4.11. The molecule has 0 saturated heterocycles. The Morgan fingerprint density at radius 2 is 1.82 bits per heavy atom. The highest BCUT2D eigenvalue weighted by atomic mass is 32.1. The molecular formula is C9H19OS+. The molecule has 2 heteroatoms. The van der Waals surface area contributed by atoms with E-state index < -0.39 is 0 Å². The minimum absolute atomic E-state index is 0.316. The Bertz CT molecular complexity index is 93.6. The van der Waals surface area contributed by atoms with Gasteiger partial charge in [0.2, 0.25) is 5.25 Å². The zero-order chi connectivity index (χ0) is 8.53. The normalized spacial score (nSPS) is 12.9. The van der Waals surface area contributed by atoms with Crippen LogP contribution in [-0.4, -0.2) is 5.25 Å². The number of rotatable bonds is 7. The van der Waals surface area contributed by atoms with Crippen molar-refractivity contribution < 1.29 is 4.21 Å². The van der Waals surface area contributed by atoms with Crippen LogP contribution in [0.5, 0.6) is 0 Å². The van der Waals surface area contributed by atoms with Gasteiger partial charge in [-0.15, -0.1) is 0 Å². The third-order valence-corrected chi connectivity index (χ3v) is 2.44. The van der Waals surface area contributed by atoms with Gasteiger partial charge in [0.25, 0.3) is 0 Å². The second kappa shape index (κ2) is 8.12. The van der Waals surface area contributed by atoms with Gasteiger partial charge in [-0.1, -0.05) is 32.6 Å². The predicted molar refractivity (Wildman–Crippen MR) is 50.9 cm³/mol. The van der Waals surface area contributed by atoms with Gasteiger partial charge in [-0.05, 0) is 13.3 Å². The van der Waals surface area contributed by atoms with Crippen molar-refractivity contribution in [3.05, 3.63) is 0 Å². The summed E-state index contributed by atoms with van der Waals surface area (Å²) in [5.74, 6) is 0. The summed E-state index contributed by atoms with van der Waals surface area (Å²) in [5.41, 5.74) is 0. The Labute approximate surface area is 74.1 Å². The van der Waals surface area contributed by atoms with E-state index in [1.165, 1.54) is 32.1 Å². The highest BCUT2D eigenvalue weighted by molar-refractivity contribution is 7.66. The summed E-state index contributed by atoms with van der Waals surface area (Å²) < 4.78 is 10.3. The van der Waals surface area contributed by atoms with Crippen LogP contribution in [0.2, 0.25) is 0 Å². The highest BCUT2D eigenvalue weighted by Gasteiger charge is 2.12. The van der Waals surface area contributed by atoms with Crippen LogP contribution in [0, 0.1) is 0 Å². The first kappa shape index (κ1) is 11.0. The van der Waals surface area contributed by atoms with E-state index in [0.717, 1.165) is 18.1 Å². The fourth-order valence-corrected chi connectivity index (χ4v) is 1.35. The summed E-state index contributed by atoms with van der Waals surface area (Å²) in [5, 5.41) is 0.316. The van der Waals surface area contributed by atoms with Crippen molar-refractivity contribution in [3.8, 4) is 0 Å². The Morgan fingerprint density at radius 3 is 2.36 bits per heavy atom. The zero-order valence-electron chi connectivity index (χ0n) is 7.64. The van der Waals surface area contributed by atoms with E-state index in [1.807, 2.05) is 6.92 Å². The maximum Gasteiger partial charge on any atom is 0.461 e. The van der Waals surface area contributed by atoms with Gasteiger partial charge < -0.3 is 0 Å². The molecule has 0 radical (unpaired) electrons. The molecule has 0 fully saturated rings. The quantitative estimate of drug-likeness (QED) is 0.429. The van der Waals surface area contributed by atoms with Crippen LogP contribution in [0.3, 0.4) is 0 Å². The Balaban J connectivity index is 2.95. The fraction of sp³-hybridized carbons (Fsp3) is 1.00. The largest absolute Gasteiger partial charge is 0.461 e. The maximum absolute atomic E-state index is 10.3. The van der Waals surface area contributed by atoms with E-state index in [-0.39, 0.29) is 0 Å². The van der Waals surface area contributed by atoms with Gasteiger partial charge in [-0.2, -0.15) is 0 Å². The van der Waals surface area contributed by atoms with E-state index in [2.05, 4.69) is 6.92 Å². The molecule has 1 nitrogen and oxygen atoms in total. The number of unbranched alkanes of at least 4 members (excludes halogenated alkanes) is 4. The predicted octanol–water partition coefficient (Wildman–Crippen LogP) is 3.16. The van der Waals surface area contributed by atoms with Gasteiger partial charge in [0, 0.05) is 10.6 Å². The molecule has 0 spiro atoms. The lowest BCUT2D eigenvalue weighted by atomic mass is 10.1. The van der Waals surface area contributed by atoms with E-state index >= 15 is 0 Å². The fourth-order valence-electron chi connectivity index (χ4n) is 1.08. The van der Waals surface area contributed by atoms with E-state index in [1.54, 1.807) is 0 Å². The van der Waals surface area contributed by atoms with Crippen LogP contribution in [0.25, 0.3) is 0 Å². The van der Waals surface area contributed by atoms with Gasteiger partial charge in [0.05, 0.1) is 0 Å². The standard InChI is InChI=1S/C9H19OS/c1-3-4-5-6-7-8-9(2)11-10/h9H,3-8H2,1-2H3/q+1. The summed E-state index contributed by atoms with van der Waals surface area (Å²) in [6, 6.07) is 0. The Morgan fingerprint density at radius 1 is 1.18 bits per heavy atom. The van der Waals surface area contributed by atoms with Crippen LogP contribution in [-0.2, 0) is 15.9 Å². The first-order valence-corrected chi connectivity index (χ1v) is 5.40. The molecule has 0 saturated carbocycles. The molecule has 0 amide bonds. The van der Waals surface area contributed by atoms with Gasteiger partial charge in [0.15, 0.2) is 0 Å². The van der Waals surface area contributed by atoms with E-state index in [4.69, 9.17) is 0 Å². The molecule has 0 aliphatic heterocycles. The lowest BCUT2D eigenvalue weighted by Crippen LogP contribution is -1.97. The maximum atomic E-state index is 10.3. The second-order valence-electron chi connectivity index (χ2n) is 3.11. The van der Waals surface area contributed by atoms with E-state index in [9.17, 15) is 4.21 Å². The van der Waals surface area contributed by atoms with Crippen LogP contribution >= 0.6 is 0 Å². The first-order valence-electron chi connectivity index (χ1n) is 4.60. The van der Waals surface area contributed by atoms with Crippen molar-refractivity contribution in [1.29, 1.82) is 0 Å². The summed E-state index contributed by atoms with van der Waals surface area (Å²) in [6.45, 7) is 4.23. The Kier molecular flexibility index (Phi) is 8.13. The van der Waals surface area contributed by atoms with E-state index in [0.29, 0.717) is 5.25 Å². The summed E-state index contributed by atoms with van der Waals surface area (Å²) in [4.78, 5) is 0.